The van der Waals surface area contributed by atoms with Crippen LogP contribution >= 0.6 is 15.9 Å². The summed E-state index contributed by atoms with van der Waals surface area (Å²) in [7, 11) is 0. The third-order valence-electron chi connectivity index (χ3n) is 3.40. The number of rotatable bonds is 3. The molecule has 0 unspecified atom stereocenters. The molecular formula is C20H20BrNO. The molecule has 0 aliphatic carbocycles. The minimum atomic E-state index is -0.0472. The second-order valence-electron chi connectivity index (χ2n) is 6.60. The van der Waals surface area contributed by atoms with Crippen molar-refractivity contribution in [3.63, 3.8) is 0 Å². The number of halogens is 1. The van der Waals surface area contributed by atoms with Crippen molar-refractivity contribution in [2.45, 2.75) is 26.3 Å². The van der Waals surface area contributed by atoms with E-state index in [1.165, 1.54) is 0 Å². The molecule has 3 rings (SSSR count). The Morgan fingerprint density at radius 1 is 1.00 bits per heavy atom. The molecule has 0 saturated heterocycles. The molecule has 0 aliphatic rings. The monoisotopic (exact) mass is 369 g/mol. The van der Waals surface area contributed by atoms with Crippen molar-refractivity contribution >= 4 is 44.7 Å². The van der Waals surface area contributed by atoms with E-state index in [1.54, 1.807) is 0 Å². The highest BCUT2D eigenvalue weighted by molar-refractivity contribution is 9.10. The van der Waals surface area contributed by atoms with E-state index in [0.29, 0.717) is 0 Å². The first-order valence-electron chi connectivity index (χ1n) is 7.66. The molecule has 0 atom stereocenters. The van der Waals surface area contributed by atoms with Crippen LogP contribution in [0.2, 0.25) is 0 Å². The van der Waals surface area contributed by atoms with Crippen LogP contribution < -0.4 is 5.32 Å². The van der Waals surface area contributed by atoms with Crippen LogP contribution in [0.25, 0.3) is 23.1 Å². The van der Waals surface area contributed by atoms with Gasteiger partial charge in [-0.1, -0.05) is 52.3 Å². The van der Waals surface area contributed by atoms with E-state index in [-0.39, 0.29) is 5.54 Å². The van der Waals surface area contributed by atoms with Gasteiger partial charge in [0.05, 0.1) is 5.69 Å². The van der Waals surface area contributed by atoms with Crippen molar-refractivity contribution in [3.8, 4) is 0 Å². The Balaban J connectivity index is 2.08. The van der Waals surface area contributed by atoms with Gasteiger partial charge in [-0.2, -0.15) is 0 Å². The standard InChI is InChI=1S/C20H20BrNO/c1-20(2,3)22-19-16-13-15(21)10-12-17(16)23-18(19)11-9-14-7-5-4-6-8-14/h4-13,22H,1-3H3/b11-9+. The van der Waals surface area contributed by atoms with Crippen molar-refractivity contribution in [2.24, 2.45) is 0 Å². The van der Waals surface area contributed by atoms with Crippen LogP contribution in [0.4, 0.5) is 5.69 Å². The summed E-state index contributed by atoms with van der Waals surface area (Å²) >= 11 is 3.54. The maximum Gasteiger partial charge on any atom is 0.151 e. The summed E-state index contributed by atoms with van der Waals surface area (Å²) in [6.07, 6.45) is 4.10. The summed E-state index contributed by atoms with van der Waals surface area (Å²) in [5.74, 6) is 0.844. The summed E-state index contributed by atoms with van der Waals surface area (Å²) in [5, 5.41) is 4.66. The van der Waals surface area contributed by atoms with Gasteiger partial charge >= 0.3 is 0 Å². The first kappa shape index (κ1) is 15.9. The molecule has 118 valence electrons. The maximum absolute atomic E-state index is 6.05. The molecule has 1 aromatic heterocycles. The van der Waals surface area contributed by atoms with Crippen LogP contribution in [0.15, 0.2) is 57.4 Å². The van der Waals surface area contributed by atoms with Crippen molar-refractivity contribution in [3.05, 3.63) is 64.3 Å². The lowest BCUT2D eigenvalue weighted by Crippen LogP contribution is -2.26. The lowest BCUT2D eigenvalue weighted by Gasteiger charge is -2.21. The van der Waals surface area contributed by atoms with Gasteiger partial charge in [-0.05, 0) is 50.6 Å². The first-order valence-corrected chi connectivity index (χ1v) is 8.45. The van der Waals surface area contributed by atoms with Gasteiger partial charge in [0, 0.05) is 15.4 Å². The summed E-state index contributed by atoms with van der Waals surface area (Å²) in [6, 6.07) is 16.3. The summed E-state index contributed by atoms with van der Waals surface area (Å²) in [4.78, 5) is 0. The summed E-state index contributed by atoms with van der Waals surface area (Å²) < 4.78 is 7.09. The smallest absolute Gasteiger partial charge is 0.151 e. The van der Waals surface area contributed by atoms with Crippen LogP contribution in [-0.2, 0) is 0 Å². The summed E-state index contributed by atoms with van der Waals surface area (Å²) in [6.45, 7) is 6.44. The Bertz CT molecular complexity index is 841. The highest BCUT2D eigenvalue weighted by atomic mass is 79.9. The number of fused-ring (bicyclic) bond motifs is 1. The molecular weight excluding hydrogens is 350 g/mol. The van der Waals surface area contributed by atoms with Crippen LogP contribution in [0.3, 0.4) is 0 Å². The second-order valence-corrected chi connectivity index (χ2v) is 7.52. The number of hydrogen-bond acceptors (Lipinski definition) is 2. The molecule has 0 radical (unpaired) electrons. The quantitative estimate of drug-likeness (QED) is 0.564. The average molecular weight is 370 g/mol. The molecule has 0 bridgehead atoms. The molecule has 3 heteroatoms. The highest BCUT2D eigenvalue weighted by Crippen LogP contribution is 2.35. The van der Waals surface area contributed by atoms with Crippen molar-refractivity contribution in [1.29, 1.82) is 0 Å². The zero-order valence-electron chi connectivity index (χ0n) is 13.6. The SMILES string of the molecule is CC(C)(C)Nc1c(/C=C/c2ccccc2)oc2ccc(Br)cc12. The Labute approximate surface area is 145 Å². The highest BCUT2D eigenvalue weighted by Gasteiger charge is 2.18. The fraction of sp³-hybridized carbons (Fsp3) is 0.200. The van der Waals surface area contributed by atoms with E-state index in [9.17, 15) is 0 Å². The third kappa shape index (κ3) is 3.85. The van der Waals surface area contributed by atoms with Gasteiger partial charge in [0.15, 0.2) is 5.76 Å². The predicted octanol–water partition coefficient (Wildman–Crippen LogP) is 6.58. The molecule has 1 heterocycles. The second kappa shape index (κ2) is 6.25. The molecule has 0 fully saturated rings. The number of anilines is 1. The van der Waals surface area contributed by atoms with Gasteiger partial charge in [-0.25, -0.2) is 0 Å². The third-order valence-corrected chi connectivity index (χ3v) is 3.90. The van der Waals surface area contributed by atoms with E-state index in [2.05, 4.69) is 66.3 Å². The maximum atomic E-state index is 6.05. The topological polar surface area (TPSA) is 25.2 Å². The van der Waals surface area contributed by atoms with Gasteiger partial charge in [-0.15, -0.1) is 0 Å². The van der Waals surface area contributed by atoms with E-state index in [0.717, 1.165) is 32.5 Å². The molecule has 0 aliphatic heterocycles. The fourth-order valence-electron chi connectivity index (χ4n) is 2.45. The first-order chi connectivity index (χ1) is 10.9. The Morgan fingerprint density at radius 3 is 2.43 bits per heavy atom. The fourth-order valence-corrected chi connectivity index (χ4v) is 2.81. The number of furan rings is 1. The Kier molecular flexibility index (Phi) is 4.31. The predicted molar refractivity (Wildman–Crippen MR) is 103 cm³/mol. The molecule has 23 heavy (non-hydrogen) atoms. The molecule has 0 amide bonds. The normalized spacial score (nSPS) is 12.2. The Morgan fingerprint density at radius 2 is 1.74 bits per heavy atom. The van der Waals surface area contributed by atoms with Crippen molar-refractivity contribution in [1.82, 2.24) is 0 Å². The number of nitrogens with one attached hydrogen (secondary N) is 1. The summed E-state index contributed by atoms with van der Waals surface area (Å²) in [5.41, 5.74) is 3.01. The van der Waals surface area contributed by atoms with E-state index < -0.39 is 0 Å². The molecule has 2 aromatic carbocycles. The van der Waals surface area contributed by atoms with Crippen LogP contribution in [0.1, 0.15) is 32.1 Å². The zero-order chi connectivity index (χ0) is 16.4. The van der Waals surface area contributed by atoms with Crippen LogP contribution in [0, 0.1) is 0 Å². The average Bonchev–Trinajstić information content (AvgIpc) is 2.82. The van der Waals surface area contributed by atoms with Gasteiger partial charge in [0.1, 0.15) is 5.58 Å². The van der Waals surface area contributed by atoms with Gasteiger partial charge in [0.2, 0.25) is 0 Å². The van der Waals surface area contributed by atoms with E-state index in [1.807, 2.05) is 36.4 Å². The number of hydrogen-bond donors (Lipinski definition) is 1. The van der Waals surface area contributed by atoms with Crippen LogP contribution in [-0.4, -0.2) is 5.54 Å². The van der Waals surface area contributed by atoms with Gasteiger partial charge < -0.3 is 9.73 Å². The van der Waals surface area contributed by atoms with Gasteiger partial charge in [0.25, 0.3) is 0 Å². The van der Waals surface area contributed by atoms with E-state index in [4.69, 9.17) is 4.42 Å². The molecule has 0 spiro atoms. The lowest BCUT2D eigenvalue weighted by atomic mass is 10.1. The molecule has 0 saturated carbocycles. The Hall–Kier alpha value is -2.00. The largest absolute Gasteiger partial charge is 0.454 e. The molecule has 3 aromatic rings. The molecule has 1 N–H and O–H groups in total. The minimum absolute atomic E-state index is 0.0472. The van der Waals surface area contributed by atoms with Crippen molar-refractivity contribution in [2.75, 3.05) is 5.32 Å². The van der Waals surface area contributed by atoms with E-state index >= 15 is 0 Å². The van der Waals surface area contributed by atoms with Gasteiger partial charge in [-0.3, -0.25) is 0 Å². The number of benzene rings is 2. The zero-order valence-corrected chi connectivity index (χ0v) is 15.1. The van der Waals surface area contributed by atoms with Crippen molar-refractivity contribution < 1.29 is 4.42 Å². The minimum Gasteiger partial charge on any atom is -0.454 e. The van der Waals surface area contributed by atoms with Crippen LogP contribution in [0.5, 0.6) is 0 Å². The molecule has 2 nitrogen and oxygen atoms in total. The lowest BCUT2D eigenvalue weighted by molar-refractivity contribution is 0.595.